The number of aromatic nitrogens is 3. The van der Waals surface area contributed by atoms with E-state index in [1.54, 1.807) is 18.0 Å². The summed E-state index contributed by atoms with van der Waals surface area (Å²) >= 11 is 8.77. The number of halogens is 1. The van der Waals surface area contributed by atoms with Crippen LogP contribution in [0.15, 0.2) is 58.1 Å². The lowest BCUT2D eigenvalue weighted by atomic mass is 10.2. The van der Waals surface area contributed by atoms with Gasteiger partial charge in [0.2, 0.25) is 4.77 Å². The lowest BCUT2D eigenvalue weighted by molar-refractivity contribution is 0.416. The topological polar surface area (TPSA) is 55.2 Å². The van der Waals surface area contributed by atoms with Crippen LogP contribution < -0.4 is 4.74 Å². The predicted octanol–water partition coefficient (Wildman–Crippen LogP) is 4.26. The third-order valence-corrected chi connectivity index (χ3v) is 4.20. The summed E-state index contributed by atoms with van der Waals surface area (Å²) in [5.74, 6) is 1.30. The Morgan fingerprint density at radius 2 is 1.96 bits per heavy atom. The molecule has 23 heavy (non-hydrogen) atoms. The van der Waals surface area contributed by atoms with Crippen molar-refractivity contribution in [2.75, 3.05) is 7.11 Å². The molecule has 5 nitrogen and oxygen atoms in total. The van der Waals surface area contributed by atoms with Crippen LogP contribution in [0.1, 0.15) is 5.56 Å². The average Bonchev–Trinajstić information content (AvgIpc) is 2.95. The van der Waals surface area contributed by atoms with Gasteiger partial charge in [-0.1, -0.05) is 46.3 Å². The smallest absolute Gasteiger partial charge is 0.216 e. The van der Waals surface area contributed by atoms with Crippen LogP contribution >= 0.6 is 28.1 Å². The van der Waals surface area contributed by atoms with Crippen LogP contribution in [0.5, 0.6) is 5.75 Å². The maximum Gasteiger partial charge on any atom is 0.216 e. The van der Waals surface area contributed by atoms with Crippen molar-refractivity contribution in [2.45, 2.75) is 0 Å². The summed E-state index contributed by atoms with van der Waals surface area (Å²) in [6, 6.07) is 15.4. The van der Waals surface area contributed by atoms with E-state index in [-0.39, 0.29) is 0 Å². The molecule has 0 spiro atoms. The Bertz CT molecular complexity index is 916. The molecule has 0 amide bonds. The van der Waals surface area contributed by atoms with Crippen molar-refractivity contribution >= 4 is 34.4 Å². The van der Waals surface area contributed by atoms with Crippen LogP contribution in [-0.4, -0.2) is 28.2 Å². The van der Waals surface area contributed by atoms with Gasteiger partial charge >= 0.3 is 0 Å². The Morgan fingerprint density at radius 1 is 1.22 bits per heavy atom. The van der Waals surface area contributed by atoms with Crippen LogP contribution in [0.4, 0.5) is 0 Å². The zero-order valence-electron chi connectivity index (χ0n) is 12.2. The van der Waals surface area contributed by atoms with E-state index in [0.717, 1.165) is 15.6 Å². The molecule has 1 N–H and O–H groups in total. The average molecular weight is 389 g/mol. The van der Waals surface area contributed by atoms with E-state index in [0.29, 0.717) is 16.3 Å². The fraction of sp³-hybridized carbons (Fsp3) is 0.0625. The zero-order chi connectivity index (χ0) is 16.2. The van der Waals surface area contributed by atoms with Crippen LogP contribution in [0.25, 0.3) is 11.4 Å². The minimum absolute atomic E-state index is 0.411. The van der Waals surface area contributed by atoms with Crippen molar-refractivity contribution in [2.24, 2.45) is 5.10 Å². The quantitative estimate of drug-likeness (QED) is 0.536. The molecule has 0 radical (unpaired) electrons. The molecule has 1 heterocycles. The molecule has 0 aliphatic carbocycles. The van der Waals surface area contributed by atoms with Crippen LogP contribution in [0.2, 0.25) is 0 Å². The lowest BCUT2D eigenvalue weighted by Gasteiger charge is -2.06. The number of hydrogen-bond acceptors (Lipinski definition) is 4. The number of benzene rings is 2. The molecule has 0 bridgehead atoms. The van der Waals surface area contributed by atoms with Gasteiger partial charge in [0.15, 0.2) is 5.82 Å². The molecule has 0 atom stereocenters. The molecule has 2 aromatic carbocycles. The van der Waals surface area contributed by atoms with Gasteiger partial charge in [-0.25, -0.2) is 5.10 Å². The van der Waals surface area contributed by atoms with E-state index in [1.807, 2.05) is 48.5 Å². The van der Waals surface area contributed by atoms with Gasteiger partial charge in [-0.3, -0.25) is 0 Å². The molecule has 0 aliphatic heterocycles. The van der Waals surface area contributed by atoms with E-state index in [4.69, 9.17) is 17.0 Å². The number of hydrogen-bond donors (Lipinski definition) is 1. The summed E-state index contributed by atoms with van der Waals surface area (Å²) in [6.45, 7) is 0. The second kappa shape index (κ2) is 6.89. The summed E-state index contributed by atoms with van der Waals surface area (Å²) in [6.07, 6.45) is 1.73. The molecule has 1 aromatic heterocycles. The molecular weight excluding hydrogens is 376 g/mol. The minimum Gasteiger partial charge on any atom is -0.496 e. The predicted molar refractivity (Wildman–Crippen MR) is 96.5 cm³/mol. The first-order chi connectivity index (χ1) is 11.2. The number of ether oxygens (including phenoxy) is 1. The summed E-state index contributed by atoms with van der Waals surface area (Å²) in [5.41, 5.74) is 1.76. The largest absolute Gasteiger partial charge is 0.496 e. The van der Waals surface area contributed by atoms with E-state index in [2.05, 4.69) is 31.2 Å². The highest BCUT2D eigenvalue weighted by molar-refractivity contribution is 9.10. The number of methoxy groups -OCH3 is 1. The highest BCUT2D eigenvalue weighted by atomic mass is 79.9. The molecular formula is C16H13BrN4OS. The van der Waals surface area contributed by atoms with Gasteiger partial charge in [0.25, 0.3) is 0 Å². The van der Waals surface area contributed by atoms with Gasteiger partial charge in [-0.05, 0) is 30.4 Å². The standard InChI is InChI=1S/C16H13BrN4OS/c1-22-14-9-5-3-7-12(14)15-19-20-16(23)21(15)18-10-11-6-2-4-8-13(11)17/h2-10H,1H3,(H,20,23)/b18-10-. The number of rotatable bonds is 4. The van der Waals surface area contributed by atoms with Gasteiger partial charge in [0.1, 0.15) is 5.75 Å². The van der Waals surface area contributed by atoms with Gasteiger partial charge in [-0.15, -0.1) is 0 Å². The number of para-hydroxylation sites is 1. The second-order valence-corrected chi connectivity index (χ2v) is 5.87. The van der Waals surface area contributed by atoms with Crippen molar-refractivity contribution in [1.82, 2.24) is 14.9 Å². The summed E-state index contributed by atoms with van der Waals surface area (Å²) in [7, 11) is 1.62. The van der Waals surface area contributed by atoms with E-state index < -0.39 is 0 Å². The molecule has 0 fully saturated rings. The Morgan fingerprint density at radius 3 is 2.74 bits per heavy atom. The van der Waals surface area contributed by atoms with Gasteiger partial charge in [-0.2, -0.15) is 14.9 Å². The second-order valence-electron chi connectivity index (χ2n) is 4.63. The van der Waals surface area contributed by atoms with Crippen LogP contribution in [0, 0.1) is 4.77 Å². The zero-order valence-corrected chi connectivity index (χ0v) is 14.6. The molecule has 7 heteroatoms. The van der Waals surface area contributed by atoms with E-state index in [9.17, 15) is 0 Å². The maximum atomic E-state index is 5.39. The molecule has 3 aromatic rings. The SMILES string of the molecule is COc1ccccc1-c1n[nH]c(=S)n1/N=C\c1ccccc1Br. The minimum atomic E-state index is 0.411. The van der Waals surface area contributed by atoms with E-state index in [1.165, 1.54) is 0 Å². The first-order valence-electron chi connectivity index (χ1n) is 6.80. The molecule has 0 saturated heterocycles. The lowest BCUT2D eigenvalue weighted by Crippen LogP contribution is -1.97. The number of H-pyrrole nitrogens is 1. The Hall–Kier alpha value is -2.25. The van der Waals surface area contributed by atoms with Gasteiger partial charge < -0.3 is 4.74 Å². The van der Waals surface area contributed by atoms with Gasteiger partial charge in [0, 0.05) is 10.0 Å². The number of aromatic amines is 1. The fourth-order valence-electron chi connectivity index (χ4n) is 2.10. The first-order valence-corrected chi connectivity index (χ1v) is 8.00. The first kappa shape index (κ1) is 15.6. The Labute approximate surface area is 146 Å². The monoisotopic (exact) mass is 388 g/mol. The van der Waals surface area contributed by atoms with Crippen molar-refractivity contribution in [3.63, 3.8) is 0 Å². The normalized spacial score (nSPS) is 11.0. The number of nitrogens with zero attached hydrogens (tertiary/aromatic N) is 3. The highest BCUT2D eigenvalue weighted by Gasteiger charge is 2.12. The Balaban J connectivity index is 2.07. The van der Waals surface area contributed by atoms with Crippen molar-refractivity contribution < 1.29 is 4.74 Å². The molecule has 0 aliphatic rings. The van der Waals surface area contributed by atoms with Crippen molar-refractivity contribution in [3.8, 4) is 17.1 Å². The van der Waals surface area contributed by atoms with Gasteiger partial charge in [0.05, 0.1) is 18.9 Å². The fourth-order valence-corrected chi connectivity index (χ4v) is 2.67. The maximum absolute atomic E-state index is 5.39. The summed E-state index contributed by atoms with van der Waals surface area (Å²) < 4.78 is 8.33. The van der Waals surface area contributed by atoms with Crippen LogP contribution in [-0.2, 0) is 0 Å². The molecule has 116 valence electrons. The highest BCUT2D eigenvalue weighted by Crippen LogP contribution is 2.28. The third kappa shape index (κ3) is 3.25. The molecule has 0 unspecified atom stereocenters. The third-order valence-electron chi connectivity index (χ3n) is 3.22. The summed E-state index contributed by atoms with van der Waals surface area (Å²) in [5, 5.41) is 11.5. The molecule has 0 saturated carbocycles. The van der Waals surface area contributed by atoms with Crippen molar-refractivity contribution in [1.29, 1.82) is 0 Å². The van der Waals surface area contributed by atoms with E-state index >= 15 is 0 Å². The van der Waals surface area contributed by atoms with Crippen LogP contribution in [0.3, 0.4) is 0 Å². The summed E-state index contributed by atoms with van der Waals surface area (Å²) in [4.78, 5) is 0. The molecule has 3 rings (SSSR count). The van der Waals surface area contributed by atoms with Crippen molar-refractivity contribution in [3.05, 3.63) is 63.3 Å². The Kier molecular flexibility index (Phi) is 4.68. The number of nitrogens with one attached hydrogen (secondary N) is 1.